The fraction of sp³-hybridized carbons (Fsp3) is 0.500. The molecular formula is C12H16F3NO. The summed E-state index contributed by atoms with van der Waals surface area (Å²) in [5, 5.41) is 11.8. The molecular weight excluding hydrogens is 231 g/mol. The van der Waals surface area contributed by atoms with E-state index in [0.717, 1.165) is 6.07 Å². The summed E-state index contributed by atoms with van der Waals surface area (Å²) in [7, 11) is 0. The number of benzene rings is 1. The van der Waals surface area contributed by atoms with Gasteiger partial charge in [-0.25, -0.2) is 0 Å². The number of hydrogen-bond acceptors (Lipinski definition) is 2. The molecule has 0 amide bonds. The van der Waals surface area contributed by atoms with Crippen LogP contribution in [0.3, 0.4) is 0 Å². The average Bonchev–Trinajstić information content (AvgIpc) is 2.29. The maximum Gasteiger partial charge on any atom is 0.416 e. The molecule has 0 radical (unpaired) electrons. The Balaban J connectivity index is 2.77. The van der Waals surface area contributed by atoms with Gasteiger partial charge in [0.25, 0.3) is 0 Å². The number of aliphatic hydroxyl groups excluding tert-OH is 1. The zero-order valence-corrected chi connectivity index (χ0v) is 9.59. The second-order valence-electron chi connectivity index (χ2n) is 3.82. The molecule has 1 rings (SSSR count). The van der Waals surface area contributed by atoms with Crippen LogP contribution >= 0.6 is 0 Å². The smallest absolute Gasteiger partial charge is 0.395 e. The van der Waals surface area contributed by atoms with Crippen molar-refractivity contribution in [3.05, 3.63) is 35.4 Å². The summed E-state index contributed by atoms with van der Waals surface area (Å²) < 4.78 is 38.0. The summed E-state index contributed by atoms with van der Waals surface area (Å²) in [5.74, 6) is 0. The highest BCUT2D eigenvalue weighted by molar-refractivity contribution is 5.29. The molecule has 0 bridgehead atoms. The van der Waals surface area contributed by atoms with Gasteiger partial charge >= 0.3 is 6.18 Å². The van der Waals surface area contributed by atoms with Crippen molar-refractivity contribution < 1.29 is 18.3 Å². The molecule has 0 aromatic heterocycles. The second-order valence-corrected chi connectivity index (χ2v) is 3.82. The molecule has 96 valence electrons. The molecule has 0 aliphatic rings. The van der Waals surface area contributed by atoms with Crippen LogP contribution in [0.25, 0.3) is 0 Å². The lowest BCUT2D eigenvalue weighted by Crippen LogP contribution is -2.31. The third-order valence-electron chi connectivity index (χ3n) is 2.62. The molecule has 2 N–H and O–H groups in total. The summed E-state index contributed by atoms with van der Waals surface area (Å²) in [5.41, 5.74) is -0.424. The van der Waals surface area contributed by atoms with Crippen LogP contribution in [-0.4, -0.2) is 17.8 Å². The first kappa shape index (κ1) is 14.0. The molecule has 17 heavy (non-hydrogen) atoms. The van der Waals surface area contributed by atoms with Gasteiger partial charge in [0.2, 0.25) is 0 Å². The molecule has 2 nitrogen and oxygen atoms in total. The summed E-state index contributed by atoms with van der Waals surface area (Å²) in [6.45, 7) is 1.89. The Bertz CT molecular complexity index is 348. The first-order valence-electron chi connectivity index (χ1n) is 5.48. The van der Waals surface area contributed by atoms with E-state index in [1.54, 1.807) is 6.07 Å². The Morgan fingerprint density at radius 3 is 2.47 bits per heavy atom. The lowest BCUT2D eigenvalue weighted by Gasteiger charge is -2.17. The quantitative estimate of drug-likeness (QED) is 0.838. The first-order valence-corrected chi connectivity index (χ1v) is 5.48. The predicted molar refractivity (Wildman–Crippen MR) is 59.4 cm³/mol. The Morgan fingerprint density at radius 1 is 1.29 bits per heavy atom. The highest BCUT2D eigenvalue weighted by Crippen LogP contribution is 2.31. The third-order valence-corrected chi connectivity index (χ3v) is 2.62. The van der Waals surface area contributed by atoms with Crippen molar-refractivity contribution in [2.24, 2.45) is 0 Å². The number of hydrogen-bond donors (Lipinski definition) is 2. The number of rotatable bonds is 5. The van der Waals surface area contributed by atoms with Gasteiger partial charge in [0.1, 0.15) is 0 Å². The zero-order chi connectivity index (χ0) is 12.9. The highest BCUT2D eigenvalue weighted by Gasteiger charge is 2.32. The van der Waals surface area contributed by atoms with Crippen LogP contribution in [0.15, 0.2) is 24.3 Å². The van der Waals surface area contributed by atoms with Gasteiger partial charge in [0.05, 0.1) is 12.2 Å². The Morgan fingerprint density at radius 2 is 1.94 bits per heavy atom. The third kappa shape index (κ3) is 4.02. The van der Waals surface area contributed by atoms with Gasteiger partial charge in [-0.3, -0.25) is 0 Å². The SMILES string of the molecule is CC[C@@H](CO)NCc1ccccc1C(F)(F)F. The standard InChI is InChI=1S/C12H16F3NO/c1-2-10(8-17)16-7-9-5-3-4-6-11(9)12(13,14)15/h3-6,10,16-17H,2,7-8H2,1H3/t10-/m0/s1. The molecule has 0 spiro atoms. The van der Waals surface area contributed by atoms with Gasteiger partial charge in [0, 0.05) is 12.6 Å². The Hall–Kier alpha value is -1.07. The first-order chi connectivity index (χ1) is 7.99. The van der Waals surface area contributed by atoms with E-state index in [1.165, 1.54) is 12.1 Å². The van der Waals surface area contributed by atoms with Crippen molar-refractivity contribution >= 4 is 0 Å². The maximum absolute atomic E-state index is 12.7. The van der Waals surface area contributed by atoms with Gasteiger partial charge in [-0.1, -0.05) is 25.1 Å². The highest BCUT2D eigenvalue weighted by atomic mass is 19.4. The minimum absolute atomic E-state index is 0.0787. The van der Waals surface area contributed by atoms with Crippen LogP contribution in [0, 0.1) is 0 Å². The minimum Gasteiger partial charge on any atom is -0.395 e. The molecule has 0 saturated heterocycles. The summed E-state index contributed by atoms with van der Waals surface area (Å²) in [4.78, 5) is 0. The maximum atomic E-state index is 12.7. The van der Waals surface area contributed by atoms with Crippen LogP contribution < -0.4 is 5.32 Å². The monoisotopic (exact) mass is 247 g/mol. The predicted octanol–water partition coefficient (Wildman–Crippen LogP) is 2.57. The molecule has 1 aromatic carbocycles. The zero-order valence-electron chi connectivity index (χ0n) is 9.59. The number of aliphatic hydroxyl groups is 1. The van der Waals surface area contributed by atoms with Gasteiger partial charge in [-0.15, -0.1) is 0 Å². The van der Waals surface area contributed by atoms with Crippen molar-refractivity contribution in [2.75, 3.05) is 6.61 Å². The van der Waals surface area contributed by atoms with Crippen molar-refractivity contribution in [3.8, 4) is 0 Å². The fourth-order valence-corrected chi connectivity index (χ4v) is 1.54. The van der Waals surface area contributed by atoms with E-state index in [4.69, 9.17) is 5.11 Å². The molecule has 0 fully saturated rings. The van der Waals surface area contributed by atoms with Crippen molar-refractivity contribution in [1.29, 1.82) is 0 Å². The van der Waals surface area contributed by atoms with Crippen LogP contribution in [0.4, 0.5) is 13.2 Å². The summed E-state index contributed by atoms with van der Waals surface area (Å²) >= 11 is 0. The molecule has 5 heteroatoms. The van der Waals surface area contributed by atoms with E-state index in [2.05, 4.69) is 5.32 Å². The summed E-state index contributed by atoms with van der Waals surface area (Å²) in [6.07, 6.45) is -3.66. The summed E-state index contributed by atoms with van der Waals surface area (Å²) in [6, 6.07) is 5.29. The lowest BCUT2D eigenvalue weighted by molar-refractivity contribution is -0.138. The fourth-order valence-electron chi connectivity index (χ4n) is 1.54. The van der Waals surface area contributed by atoms with Crippen molar-refractivity contribution in [3.63, 3.8) is 0 Å². The molecule has 0 saturated carbocycles. The molecule has 0 heterocycles. The topological polar surface area (TPSA) is 32.3 Å². The Kier molecular flexibility index (Phi) is 4.96. The van der Waals surface area contributed by atoms with Gasteiger partial charge in [-0.2, -0.15) is 13.2 Å². The Labute approximate surface area is 98.5 Å². The number of alkyl halides is 3. The van der Waals surface area contributed by atoms with Crippen molar-refractivity contribution in [2.45, 2.75) is 32.1 Å². The molecule has 0 unspecified atom stereocenters. The molecule has 1 atom stereocenters. The number of nitrogens with one attached hydrogen (secondary N) is 1. The van der Waals surface area contributed by atoms with Crippen molar-refractivity contribution in [1.82, 2.24) is 5.32 Å². The largest absolute Gasteiger partial charge is 0.416 e. The molecule has 0 aliphatic carbocycles. The molecule has 1 aromatic rings. The number of halogens is 3. The van der Waals surface area contributed by atoms with Gasteiger partial charge in [0.15, 0.2) is 0 Å². The van der Waals surface area contributed by atoms with E-state index in [9.17, 15) is 13.2 Å². The second kappa shape index (κ2) is 6.02. The minimum atomic E-state index is -4.33. The molecule has 0 aliphatic heterocycles. The average molecular weight is 247 g/mol. The van der Waals surface area contributed by atoms with E-state index in [0.29, 0.717) is 6.42 Å². The normalized spacial score (nSPS) is 13.7. The van der Waals surface area contributed by atoms with E-state index in [1.807, 2.05) is 6.92 Å². The van der Waals surface area contributed by atoms with Crippen LogP contribution in [0.5, 0.6) is 0 Å². The van der Waals surface area contributed by atoms with E-state index < -0.39 is 11.7 Å². The van der Waals surface area contributed by atoms with Crippen LogP contribution in [0.2, 0.25) is 0 Å². The van der Waals surface area contributed by atoms with Crippen LogP contribution in [0.1, 0.15) is 24.5 Å². The van der Waals surface area contributed by atoms with Gasteiger partial charge < -0.3 is 10.4 Å². The van der Waals surface area contributed by atoms with E-state index in [-0.39, 0.29) is 24.8 Å². The van der Waals surface area contributed by atoms with E-state index >= 15 is 0 Å². The lowest BCUT2D eigenvalue weighted by atomic mass is 10.1. The van der Waals surface area contributed by atoms with Gasteiger partial charge in [-0.05, 0) is 18.1 Å². The van der Waals surface area contributed by atoms with Crippen LogP contribution in [-0.2, 0) is 12.7 Å².